The monoisotopic (exact) mass is 235 g/mol. The predicted octanol–water partition coefficient (Wildman–Crippen LogP) is 1.94. The van der Waals surface area contributed by atoms with Gasteiger partial charge in [-0.3, -0.25) is 9.97 Å². The lowest BCUT2D eigenvalue weighted by molar-refractivity contribution is 0.121. The van der Waals surface area contributed by atoms with Crippen LogP contribution in [0.15, 0.2) is 18.6 Å². The van der Waals surface area contributed by atoms with Crippen molar-refractivity contribution in [1.29, 1.82) is 0 Å². The van der Waals surface area contributed by atoms with Crippen LogP contribution in [0.3, 0.4) is 0 Å². The summed E-state index contributed by atoms with van der Waals surface area (Å²) in [6.07, 6.45) is 9.01. The highest BCUT2D eigenvalue weighted by molar-refractivity contribution is 5.00. The molecule has 0 saturated heterocycles. The Hall–Kier alpha value is -1.00. The zero-order valence-electron chi connectivity index (χ0n) is 10.4. The molecule has 1 fully saturated rings. The van der Waals surface area contributed by atoms with Crippen LogP contribution < -0.4 is 5.32 Å². The lowest BCUT2D eigenvalue weighted by atomic mass is 10.2. The maximum atomic E-state index is 5.58. The van der Waals surface area contributed by atoms with Gasteiger partial charge >= 0.3 is 0 Å². The molecule has 0 bridgehead atoms. The molecule has 1 aromatic heterocycles. The summed E-state index contributed by atoms with van der Waals surface area (Å²) in [4.78, 5) is 8.33. The molecule has 4 nitrogen and oxygen atoms in total. The average molecular weight is 235 g/mol. The molecule has 2 rings (SSSR count). The van der Waals surface area contributed by atoms with Crippen molar-refractivity contribution in [2.75, 3.05) is 19.8 Å². The second kappa shape index (κ2) is 6.67. The molecule has 17 heavy (non-hydrogen) atoms. The van der Waals surface area contributed by atoms with E-state index in [1.807, 2.05) is 0 Å². The molecule has 4 heteroatoms. The summed E-state index contributed by atoms with van der Waals surface area (Å²) in [6.45, 7) is 4.88. The lowest BCUT2D eigenvalue weighted by Gasteiger charge is -2.12. The third kappa shape index (κ3) is 4.79. The van der Waals surface area contributed by atoms with Crippen LogP contribution in [0.4, 0.5) is 0 Å². The van der Waals surface area contributed by atoms with Gasteiger partial charge in [0.05, 0.1) is 5.69 Å². The molecule has 1 heterocycles. The summed E-state index contributed by atoms with van der Waals surface area (Å²) >= 11 is 0. The Morgan fingerprint density at radius 3 is 3.06 bits per heavy atom. The number of rotatable bonds is 8. The van der Waals surface area contributed by atoms with Crippen LogP contribution in [-0.2, 0) is 4.74 Å². The van der Waals surface area contributed by atoms with Gasteiger partial charge < -0.3 is 10.1 Å². The van der Waals surface area contributed by atoms with Gasteiger partial charge in [0.25, 0.3) is 0 Å². The molecule has 0 aromatic carbocycles. The minimum absolute atomic E-state index is 0.257. The Balaban J connectivity index is 1.52. The molecule has 0 radical (unpaired) electrons. The molecule has 1 aliphatic carbocycles. The third-order valence-corrected chi connectivity index (χ3v) is 2.99. The second-order valence-electron chi connectivity index (χ2n) is 4.68. The first-order chi connectivity index (χ1) is 8.36. The molecule has 1 atom stereocenters. The van der Waals surface area contributed by atoms with Crippen LogP contribution in [0.2, 0.25) is 0 Å². The van der Waals surface area contributed by atoms with E-state index in [4.69, 9.17) is 4.74 Å². The summed E-state index contributed by atoms with van der Waals surface area (Å²) in [5.74, 6) is 0.862. The van der Waals surface area contributed by atoms with Crippen molar-refractivity contribution in [3.8, 4) is 0 Å². The molecule has 1 aliphatic rings. The fraction of sp³-hybridized carbons (Fsp3) is 0.692. The van der Waals surface area contributed by atoms with E-state index in [1.54, 1.807) is 18.6 Å². The number of nitrogens with zero attached hydrogens (tertiary/aromatic N) is 2. The number of nitrogens with one attached hydrogen (secondary N) is 1. The molecule has 0 spiro atoms. The van der Waals surface area contributed by atoms with Gasteiger partial charge in [-0.15, -0.1) is 0 Å². The highest BCUT2D eigenvalue weighted by atomic mass is 16.5. The summed E-state index contributed by atoms with van der Waals surface area (Å²) in [5, 5.41) is 3.42. The van der Waals surface area contributed by atoms with Crippen molar-refractivity contribution in [2.24, 2.45) is 5.92 Å². The normalized spacial score (nSPS) is 17.0. The van der Waals surface area contributed by atoms with E-state index in [-0.39, 0.29) is 6.04 Å². The fourth-order valence-corrected chi connectivity index (χ4v) is 1.67. The van der Waals surface area contributed by atoms with Gasteiger partial charge in [-0.25, -0.2) is 0 Å². The van der Waals surface area contributed by atoms with Gasteiger partial charge in [0, 0.05) is 37.8 Å². The predicted molar refractivity (Wildman–Crippen MR) is 66.6 cm³/mol. The molecule has 1 N–H and O–H groups in total. The molecule has 0 amide bonds. The zero-order chi connectivity index (χ0) is 11.9. The van der Waals surface area contributed by atoms with Crippen LogP contribution in [0.5, 0.6) is 0 Å². The Labute approximate surface area is 103 Å². The van der Waals surface area contributed by atoms with E-state index in [9.17, 15) is 0 Å². The maximum absolute atomic E-state index is 5.58. The SMILES string of the molecule is CC(NCCCOCC1CC1)c1cnccn1. The topological polar surface area (TPSA) is 47.0 Å². The smallest absolute Gasteiger partial charge is 0.0753 e. The van der Waals surface area contributed by atoms with Crippen molar-refractivity contribution in [2.45, 2.75) is 32.2 Å². The standard InChI is InChI=1S/C13H21N3O/c1-11(13-9-14-6-7-16-13)15-5-2-8-17-10-12-3-4-12/h6-7,9,11-12,15H,2-5,8,10H2,1H3. The molecular weight excluding hydrogens is 214 g/mol. The maximum Gasteiger partial charge on any atom is 0.0753 e. The van der Waals surface area contributed by atoms with E-state index >= 15 is 0 Å². The van der Waals surface area contributed by atoms with Crippen molar-refractivity contribution in [3.05, 3.63) is 24.3 Å². The van der Waals surface area contributed by atoms with E-state index in [1.165, 1.54) is 12.8 Å². The van der Waals surface area contributed by atoms with Gasteiger partial charge in [-0.1, -0.05) is 0 Å². The molecule has 1 saturated carbocycles. The number of aromatic nitrogens is 2. The third-order valence-electron chi connectivity index (χ3n) is 2.99. The van der Waals surface area contributed by atoms with Crippen LogP contribution in [0.1, 0.15) is 37.9 Å². The first kappa shape index (κ1) is 12.5. The average Bonchev–Trinajstić information content (AvgIpc) is 3.18. The van der Waals surface area contributed by atoms with E-state index in [2.05, 4.69) is 22.2 Å². The zero-order valence-corrected chi connectivity index (χ0v) is 10.4. The highest BCUT2D eigenvalue weighted by Crippen LogP contribution is 2.28. The Kier molecular flexibility index (Phi) is 4.88. The van der Waals surface area contributed by atoms with Crippen LogP contribution in [-0.4, -0.2) is 29.7 Å². The minimum atomic E-state index is 0.257. The summed E-state index contributed by atoms with van der Waals surface area (Å²) in [5.41, 5.74) is 0.992. The summed E-state index contributed by atoms with van der Waals surface area (Å²) in [6, 6.07) is 0.257. The van der Waals surface area contributed by atoms with Gasteiger partial charge in [0.15, 0.2) is 0 Å². The van der Waals surface area contributed by atoms with Crippen LogP contribution in [0, 0.1) is 5.92 Å². The first-order valence-electron chi connectivity index (χ1n) is 6.43. The quantitative estimate of drug-likeness (QED) is 0.700. The molecule has 1 unspecified atom stereocenters. The summed E-state index contributed by atoms with van der Waals surface area (Å²) in [7, 11) is 0. The Morgan fingerprint density at radius 1 is 1.47 bits per heavy atom. The lowest BCUT2D eigenvalue weighted by Crippen LogP contribution is -2.22. The number of ether oxygens (including phenoxy) is 1. The molecule has 94 valence electrons. The largest absolute Gasteiger partial charge is 0.381 e. The van der Waals surface area contributed by atoms with E-state index < -0.39 is 0 Å². The van der Waals surface area contributed by atoms with Crippen LogP contribution in [0.25, 0.3) is 0 Å². The minimum Gasteiger partial charge on any atom is -0.381 e. The molecule has 0 aliphatic heterocycles. The van der Waals surface area contributed by atoms with Crippen molar-refractivity contribution >= 4 is 0 Å². The van der Waals surface area contributed by atoms with Gasteiger partial charge in [0.2, 0.25) is 0 Å². The highest BCUT2D eigenvalue weighted by Gasteiger charge is 2.20. The Morgan fingerprint density at radius 2 is 2.35 bits per heavy atom. The first-order valence-corrected chi connectivity index (χ1v) is 6.43. The number of hydrogen-bond acceptors (Lipinski definition) is 4. The molecule has 1 aromatic rings. The second-order valence-corrected chi connectivity index (χ2v) is 4.68. The van der Waals surface area contributed by atoms with Crippen molar-refractivity contribution in [3.63, 3.8) is 0 Å². The van der Waals surface area contributed by atoms with Gasteiger partial charge in [0.1, 0.15) is 0 Å². The number of hydrogen-bond donors (Lipinski definition) is 1. The summed E-state index contributed by atoms with van der Waals surface area (Å²) < 4.78 is 5.58. The van der Waals surface area contributed by atoms with Crippen LogP contribution >= 0.6 is 0 Å². The van der Waals surface area contributed by atoms with Gasteiger partial charge in [-0.2, -0.15) is 0 Å². The van der Waals surface area contributed by atoms with Gasteiger partial charge in [-0.05, 0) is 38.6 Å². The Bertz CT molecular complexity index is 314. The van der Waals surface area contributed by atoms with Crippen molar-refractivity contribution in [1.82, 2.24) is 15.3 Å². The fourth-order valence-electron chi connectivity index (χ4n) is 1.67. The van der Waals surface area contributed by atoms with E-state index in [0.29, 0.717) is 0 Å². The van der Waals surface area contributed by atoms with E-state index in [0.717, 1.165) is 37.8 Å². The van der Waals surface area contributed by atoms with Crippen molar-refractivity contribution < 1.29 is 4.74 Å². The molecular formula is C13H21N3O.